The summed E-state index contributed by atoms with van der Waals surface area (Å²) in [5.74, 6) is 0. The zero-order valence-corrected chi connectivity index (χ0v) is 11.9. The summed E-state index contributed by atoms with van der Waals surface area (Å²) >= 11 is 0. The van der Waals surface area contributed by atoms with Gasteiger partial charge < -0.3 is 4.90 Å². The third kappa shape index (κ3) is 2.51. The number of benzene rings is 1. The maximum Gasteiger partial charge on any atom is 0.177 e. The summed E-state index contributed by atoms with van der Waals surface area (Å²) in [5.41, 5.74) is 0.594. The molecule has 1 saturated heterocycles. The number of hydrogen-bond acceptors (Lipinski definition) is 5. The molecule has 0 aromatic heterocycles. The van der Waals surface area contributed by atoms with E-state index in [0.717, 1.165) is 32.0 Å². The molecule has 0 N–H and O–H groups in total. The Hall–Kier alpha value is -1.08. The fourth-order valence-electron chi connectivity index (χ4n) is 1.84. The molecular weight excluding hydrogens is 274 g/mol. The van der Waals surface area contributed by atoms with E-state index < -0.39 is 19.7 Å². The van der Waals surface area contributed by atoms with Crippen LogP contribution in [0.4, 0.5) is 5.69 Å². The summed E-state index contributed by atoms with van der Waals surface area (Å²) in [6, 6.07) is 4.28. The van der Waals surface area contributed by atoms with Crippen LogP contribution in [0.5, 0.6) is 0 Å². The van der Waals surface area contributed by atoms with Crippen LogP contribution >= 0.6 is 0 Å². The minimum absolute atomic E-state index is 0.0344. The van der Waals surface area contributed by atoms with E-state index in [4.69, 9.17) is 0 Å². The van der Waals surface area contributed by atoms with E-state index in [-0.39, 0.29) is 9.79 Å². The van der Waals surface area contributed by atoms with E-state index in [9.17, 15) is 16.8 Å². The van der Waals surface area contributed by atoms with Crippen molar-refractivity contribution in [1.82, 2.24) is 0 Å². The summed E-state index contributed by atoms with van der Waals surface area (Å²) in [4.78, 5) is 2.06. The van der Waals surface area contributed by atoms with Gasteiger partial charge in [0.15, 0.2) is 19.7 Å². The van der Waals surface area contributed by atoms with Gasteiger partial charge in [-0.2, -0.15) is 0 Å². The standard InChI is InChI=1S/C11H15NO4S2/c1-17(13,14)9-4-5-10(12-6-3-7-12)11(8-9)18(2,15)16/h4-5,8H,3,6-7H2,1-2H3. The van der Waals surface area contributed by atoms with Crippen molar-refractivity contribution in [3.63, 3.8) is 0 Å². The molecular formula is C11H15NO4S2. The molecule has 0 unspecified atom stereocenters. The Bertz CT molecular complexity index is 673. The van der Waals surface area contributed by atoms with Crippen molar-refractivity contribution in [3.05, 3.63) is 18.2 Å². The molecule has 5 nitrogen and oxygen atoms in total. The van der Waals surface area contributed by atoms with Gasteiger partial charge >= 0.3 is 0 Å². The van der Waals surface area contributed by atoms with Crippen molar-refractivity contribution in [2.45, 2.75) is 16.2 Å². The van der Waals surface area contributed by atoms with Crippen LogP contribution in [0.1, 0.15) is 6.42 Å². The fraction of sp³-hybridized carbons (Fsp3) is 0.455. The number of anilines is 1. The predicted molar refractivity (Wildman–Crippen MR) is 69.5 cm³/mol. The molecule has 18 heavy (non-hydrogen) atoms. The topological polar surface area (TPSA) is 71.5 Å². The SMILES string of the molecule is CS(=O)(=O)c1ccc(N2CCC2)c(S(C)(=O)=O)c1. The van der Waals surface area contributed by atoms with Gasteiger partial charge in [-0.05, 0) is 24.6 Å². The van der Waals surface area contributed by atoms with Crippen LogP contribution < -0.4 is 4.90 Å². The third-order valence-corrected chi connectivity index (χ3v) is 5.19. The average Bonchev–Trinajstić information content (AvgIpc) is 2.11. The lowest BCUT2D eigenvalue weighted by Crippen LogP contribution is -2.37. The van der Waals surface area contributed by atoms with Gasteiger partial charge in [-0.25, -0.2) is 16.8 Å². The molecule has 2 rings (SSSR count). The second kappa shape index (κ2) is 4.24. The molecule has 1 aromatic carbocycles. The van der Waals surface area contributed by atoms with Crippen LogP contribution in [0, 0.1) is 0 Å². The van der Waals surface area contributed by atoms with Crippen molar-refractivity contribution >= 4 is 25.4 Å². The maximum absolute atomic E-state index is 11.8. The van der Waals surface area contributed by atoms with Crippen LogP contribution in [0.3, 0.4) is 0 Å². The molecule has 0 radical (unpaired) electrons. The molecule has 1 aliphatic heterocycles. The zero-order valence-electron chi connectivity index (χ0n) is 10.3. The van der Waals surface area contributed by atoms with Crippen LogP contribution in [0.25, 0.3) is 0 Å². The smallest absolute Gasteiger partial charge is 0.177 e. The van der Waals surface area contributed by atoms with Crippen molar-refractivity contribution < 1.29 is 16.8 Å². The van der Waals surface area contributed by atoms with Crippen molar-refractivity contribution in [2.24, 2.45) is 0 Å². The van der Waals surface area contributed by atoms with Crippen LogP contribution in [0.15, 0.2) is 28.0 Å². The summed E-state index contributed by atoms with van der Waals surface area (Å²) < 4.78 is 46.4. The minimum atomic E-state index is -3.44. The lowest BCUT2D eigenvalue weighted by atomic mass is 10.2. The van der Waals surface area contributed by atoms with Gasteiger partial charge in [0.05, 0.1) is 15.5 Å². The molecule has 1 heterocycles. The van der Waals surface area contributed by atoms with Gasteiger partial charge in [0.1, 0.15) is 0 Å². The predicted octanol–water partition coefficient (Wildman–Crippen LogP) is 0.704. The summed E-state index contributed by atoms with van der Waals surface area (Å²) in [6.07, 6.45) is 3.19. The maximum atomic E-state index is 11.8. The first-order valence-electron chi connectivity index (χ1n) is 5.49. The number of hydrogen-bond donors (Lipinski definition) is 0. The van der Waals surface area contributed by atoms with Gasteiger partial charge in [-0.1, -0.05) is 0 Å². The summed E-state index contributed by atoms with van der Waals surface area (Å²) in [6.45, 7) is 1.61. The highest BCUT2D eigenvalue weighted by molar-refractivity contribution is 7.91. The van der Waals surface area contributed by atoms with E-state index in [1.807, 2.05) is 4.90 Å². The van der Waals surface area contributed by atoms with Gasteiger partial charge in [-0.3, -0.25) is 0 Å². The Morgan fingerprint density at radius 1 is 1.00 bits per heavy atom. The van der Waals surface area contributed by atoms with Gasteiger partial charge in [0.25, 0.3) is 0 Å². The van der Waals surface area contributed by atoms with Gasteiger partial charge in [0.2, 0.25) is 0 Å². The van der Waals surface area contributed by atoms with E-state index >= 15 is 0 Å². The van der Waals surface area contributed by atoms with Crippen molar-refractivity contribution in [3.8, 4) is 0 Å². The monoisotopic (exact) mass is 289 g/mol. The highest BCUT2D eigenvalue weighted by atomic mass is 32.2. The molecule has 1 fully saturated rings. The fourth-order valence-corrected chi connectivity index (χ4v) is 3.48. The second-order valence-electron chi connectivity index (χ2n) is 4.51. The lowest BCUT2D eigenvalue weighted by Gasteiger charge is -2.34. The Balaban J connectivity index is 2.63. The number of rotatable bonds is 3. The molecule has 1 aromatic rings. The first-order valence-corrected chi connectivity index (χ1v) is 9.27. The highest BCUT2D eigenvalue weighted by Gasteiger charge is 2.24. The molecule has 0 saturated carbocycles. The third-order valence-electron chi connectivity index (χ3n) is 2.96. The Morgan fingerprint density at radius 3 is 2.00 bits per heavy atom. The Labute approximate surface area is 107 Å². The molecule has 0 aliphatic carbocycles. The molecule has 0 bridgehead atoms. The number of nitrogens with zero attached hydrogens (tertiary/aromatic N) is 1. The van der Waals surface area contributed by atoms with Crippen LogP contribution in [-0.2, 0) is 19.7 Å². The number of sulfone groups is 2. The van der Waals surface area contributed by atoms with E-state index in [2.05, 4.69) is 0 Å². The normalized spacial score (nSPS) is 16.4. The quantitative estimate of drug-likeness (QED) is 0.819. The largest absolute Gasteiger partial charge is 0.370 e. The molecule has 0 atom stereocenters. The van der Waals surface area contributed by atoms with Gasteiger partial charge in [0, 0.05) is 25.6 Å². The zero-order chi connectivity index (χ0) is 13.6. The summed E-state index contributed by atoms with van der Waals surface area (Å²) in [5, 5.41) is 0. The highest BCUT2D eigenvalue weighted by Crippen LogP contribution is 2.30. The van der Waals surface area contributed by atoms with E-state index in [0.29, 0.717) is 5.69 Å². The molecule has 0 amide bonds. The van der Waals surface area contributed by atoms with Crippen molar-refractivity contribution in [2.75, 3.05) is 30.5 Å². The average molecular weight is 289 g/mol. The lowest BCUT2D eigenvalue weighted by molar-refractivity contribution is 0.591. The molecule has 7 heteroatoms. The van der Waals surface area contributed by atoms with E-state index in [1.54, 1.807) is 6.07 Å². The molecule has 0 spiro atoms. The van der Waals surface area contributed by atoms with Crippen LogP contribution in [-0.4, -0.2) is 42.4 Å². The van der Waals surface area contributed by atoms with Crippen LogP contribution in [0.2, 0.25) is 0 Å². The van der Waals surface area contributed by atoms with E-state index in [1.165, 1.54) is 12.1 Å². The molecule has 100 valence electrons. The molecule has 1 aliphatic rings. The minimum Gasteiger partial charge on any atom is -0.370 e. The second-order valence-corrected chi connectivity index (χ2v) is 8.51. The summed E-state index contributed by atoms with van der Waals surface area (Å²) in [7, 11) is -6.84. The Kier molecular flexibility index (Phi) is 3.14. The Morgan fingerprint density at radius 2 is 1.61 bits per heavy atom. The van der Waals surface area contributed by atoms with Gasteiger partial charge in [-0.15, -0.1) is 0 Å². The first-order chi connectivity index (χ1) is 8.19. The first kappa shape index (κ1) is 13.4. The van der Waals surface area contributed by atoms with Crippen molar-refractivity contribution in [1.29, 1.82) is 0 Å².